The number of hydrogen-bond donors (Lipinski definition) is 0. The molecule has 0 unspecified atom stereocenters. The van der Waals surface area contributed by atoms with Gasteiger partial charge in [0.25, 0.3) is 0 Å². The molecule has 4 aromatic heterocycles. The Labute approximate surface area is 328 Å². The van der Waals surface area contributed by atoms with Crippen LogP contribution in [0.15, 0.2) is 200 Å². The van der Waals surface area contributed by atoms with E-state index in [-0.39, 0.29) is 0 Å². The van der Waals surface area contributed by atoms with Gasteiger partial charge in [-0.25, -0.2) is 9.97 Å². The van der Waals surface area contributed by atoms with Crippen LogP contribution in [0.4, 0.5) is 0 Å². The molecule has 5 nitrogen and oxygen atoms in total. The minimum Gasteiger partial charge on any atom is -0.309 e. The average Bonchev–Trinajstić information content (AvgIpc) is 3.92. The van der Waals surface area contributed by atoms with Crippen LogP contribution in [0.1, 0.15) is 0 Å². The molecule has 12 rings (SSSR count). The van der Waals surface area contributed by atoms with Crippen LogP contribution in [0.2, 0.25) is 0 Å². The first-order valence-corrected chi connectivity index (χ1v) is 19.3. The summed E-state index contributed by atoms with van der Waals surface area (Å²) in [5, 5.41) is 7.18. The molecule has 4 heterocycles. The molecule has 0 aliphatic carbocycles. The molecule has 12 aromatic rings. The van der Waals surface area contributed by atoms with Gasteiger partial charge in [-0.05, 0) is 48.5 Å². The first kappa shape index (κ1) is 31.6. The summed E-state index contributed by atoms with van der Waals surface area (Å²) in [4.78, 5) is 10.6. The molecule has 0 saturated carbocycles. The topological polar surface area (TPSA) is 40.6 Å². The molecule has 0 atom stereocenters. The third-order valence-corrected chi connectivity index (χ3v) is 11.4. The lowest BCUT2D eigenvalue weighted by molar-refractivity contribution is 1.05. The molecular formula is C52H33N5. The molecule has 57 heavy (non-hydrogen) atoms. The van der Waals surface area contributed by atoms with Crippen molar-refractivity contribution in [2.45, 2.75) is 0 Å². The Morgan fingerprint density at radius 2 is 0.842 bits per heavy atom. The van der Waals surface area contributed by atoms with Crippen molar-refractivity contribution in [1.29, 1.82) is 0 Å². The van der Waals surface area contributed by atoms with Gasteiger partial charge >= 0.3 is 0 Å². The van der Waals surface area contributed by atoms with E-state index in [1.165, 1.54) is 38.0 Å². The van der Waals surface area contributed by atoms with Gasteiger partial charge in [-0.2, -0.15) is 0 Å². The van der Waals surface area contributed by atoms with Crippen LogP contribution in [-0.2, 0) is 0 Å². The Morgan fingerprint density at radius 1 is 0.316 bits per heavy atom. The van der Waals surface area contributed by atoms with E-state index in [0.717, 1.165) is 61.5 Å². The molecule has 8 aromatic carbocycles. The van der Waals surface area contributed by atoms with E-state index in [1.54, 1.807) is 0 Å². The summed E-state index contributed by atoms with van der Waals surface area (Å²) in [6, 6.07) is 71.2. The zero-order chi connectivity index (χ0) is 37.5. The molecule has 0 radical (unpaired) electrons. The summed E-state index contributed by atoms with van der Waals surface area (Å²) in [7, 11) is 0. The van der Waals surface area contributed by atoms with Crippen molar-refractivity contribution in [2.24, 2.45) is 0 Å². The van der Waals surface area contributed by atoms with Gasteiger partial charge in [0.05, 0.1) is 38.8 Å². The normalized spacial score (nSPS) is 11.9. The first-order chi connectivity index (χ1) is 28.3. The number of fused-ring (bicyclic) bond motifs is 10. The van der Waals surface area contributed by atoms with Gasteiger partial charge in [0.2, 0.25) is 0 Å². The van der Waals surface area contributed by atoms with Crippen LogP contribution >= 0.6 is 0 Å². The van der Waals surface area contributed by atoms with E-state index in [4.69, 9.17) is 9.97 Å². The summed E-state index contributed by atoms with van der Waals surface area (Å²) in [6.45, 7) is 0. The standard InChI is InChI=1S/C52H33N5/c1-4-16-34(17-5-1)43-33-49(54-52(53-43)35-18-6-2-7-19-35)57-48-32-37(56-44-25-13-10-22-38(44)39-23-11-14-26-45(39)56)28-29-40(48)41-30-31-47-50(51(41)57)42-24-12-15-27-46(42)55(47)36-20-8-3-9-21-36/h1-33H. The predicted molar refractivity (Wildman–Crippen MR) is 236 cm³/mol. The minimum absolute atomic E-state index is 0.680. The molecule has 0 N–H and O–H groups in total. The first-order valence-electron chi connectivity index (χ1n) is 19.3. The Balaban J connectivity index is 1.26. The summed E-state index contributed by atoms with van der Waals surface area (Å²) in [6.07, 6.45) is 0. The van der Waals surface area contributed by atoms with Crippen LogP contribution in [-0.4, -0.2) is 23.7 Å². The van der Waals surface area contributed by atoms with Gasteiger partial charge in [-0.3, -0.25) is 4.57 Å². The van der Waals surface area contributed by atoms with Crippen molar-refractivity contribution < 1.29 is 0 Å². The minimum atomic E-state index is 0.680. The quantitative estimate of drug-likeness (QED) is 0.177. The van der Waals surface area contributed by atoms with Crippen LogP contribution in [0.5, 0.6) is 0 Å². The van der Waals surface area contributed by atoms with E-state index in [9.17, 15) is 0 Å². The van der Waals surface area contributed by atoms with Crippen LogP contribution in [0, 0.1) is 0 Å². The van der Waals surface area contributed by atoms with Gasteiger partial charge in [-0.15, -0.1) is 0 Å². The second-order valence-corrected chi connectivity index (χ2v) is 14.6. The van der Waals surface area contributed by atoms with Crippen molar-refractivity contribution in [2.75, 3.05) is 0 Å². The zero-order valence-electron chi connectivity index (χ0n) is 30.8. The lowest BCUT2D eigenvalue weighted by atomic mass is 10.1. The van der Waals surface area contributed by atoms with Gasteiger partial charge in [-0.1, -0.05) is 146 Å². The molecule has 0 saturated heterocycles. The van der Waals surface area contributed by atoms with Crippen molar-refractivity contribution in [3.63, 3.8) is 0 Å². The number of para-hydroxylation sites is 4. The maximum Gasteiger partial charge on any atom is 0.162 e. The Morgan fingerprint density at radius 3 is 1.53 bits per heavy atom. The van der Waals surface area contributed by atoms with Crippen molar-refractivity contribution >= 4 is 65.4 Å². The number of hydrogen-bond acceptors (Lipinski definition) is 2. The van der Waals surface area contributed by atoms with Crippen LogP contribution in [0.25, 0.3) is 105 Å². The predicted octanol–water partition coefficient (Wildman–Crippen LogP) is 13.1. The third-order valence-electron chi connectivity index (χ3n) is 11.4. The van der Waals surface area contributed by atoms with E-state index in [0.29, 0.717) is 5.82 Å². The van der Waals surface area contributed by atoms with Crippen LogP contribution < -0.4 is 0 Å². The largest absolute Gasteiger partial charge is 0.309 e. The summed E-state index contributed by atoms with van der Waals surface area (Å²) in [5.74, 6) is 1.49. The number of benzene rings is 8. The molecule has 0 fully saturated rings. The van der Waals surface area contributed by atoms with Crippen molar-refractivity contribution in [3.8, 4) is 39.8 Å². The number of aromatic nitrogens is 5. The van der Waals surface area contributed by atoms with E-state index in [1.807, 2.05) is 24.3 Å². The fraction of sp³-hybridized carbons (Fsp3) is 0. The lowest BCUT2D eigenvalue weighted by Crippen LogP contribution is -2.03. The summed E-state index contributed by atoms with van der Waals surface area (Å²) >= 11 is 0. The highest BCUT2D eigenvalue weighted by molar-refractivity contribution is 6.26. The van der Waals surface area contributed by atoms with Crippen molar-refractivity contribution in [3.05, 3.63) is 200 Å². The lowest BCUT2D eigenvalue weighted by Gasteiger charge is -2.14. The molecular weight excluding hydrogens is 695 g/mol. The molecule has 0 spiro atoms. The molecule has 5 heteroatoms. The summed E-state index contributed by atoms with van der Waals surface area (Å²) in [5.41, 5.74) is 11.9. The molecule has 266 valence electrons. The van der Waals surface area contributed by atoms with Crippen molar-refractivity contribution in [1.82, 2.24) is 23.7 Å². The van der Waals surface area contributed by atoms with Gasteiger partial charge in [0, 0.05) is 60.9 Å². The third kappa shape index (κ3) is 4.76. The second-order valence-electron chi connectivity index (χ2n) is 14.6. The highest BCUT2D eigenvalue weighted by atomic mass is 15.1. The zero-order valence-corrected chi connectivity index (χ0v) is 30.8. The van der Waals surface area contributed by atoms with Crippen LogP contribution in [0.3, 0.4) is 0 Å². The van der Waals surface area contributed by atoms with Gasteiger partial charge in [0.1, 0.15) is 5.82 Å². The monoisotopic (exact) mass is 727 g/mol. The Bertz CT molecular complexity index is 3390. The van der Waals surface area contributed by atoms with Gasteiger partial charge < -0.3 is 9.13 Å². The maximum atomic E-state index is 5.45. The highest BCUT2D eigenvalue weighted by Crippen LogP contribution is 2.43. The molecule has 0 aliphatic rings. The SMILES string of the molecule is c1ccc(-c2cc(-n3c4cc(-n5c6ccccc6c6ccccc65)ccc4c4ccc5c(c6ccccc6n5-c5ccccc5)c43)nc(-c3ccccc3)n2)cc1. The smallest absolute Gasteiger partial charge is 0.162 e. The fourth-order valence-corrected chi connectivity index (χ4v) is 9.00. The highest BCUT2D eigenvalue weighted by Gasteiger charge is 2.23. The van der Waals surface area contributed by atoms with Gasteiger partial charge in [0.15, 0.2) is 5.82 Å². The molecule has 0 bridgehead atoms. The van der Waals surface area contributed by atoms with E-state index >= 15 is 0 Å². The number of nitrogens with zero attached hydrogens (tertiary/aromatic N) is 5. The average molecular weight is 728 g/mol. The summed E-state index contributed by atoms with van der Waals surface area (Å²) < 4.78 is 7.18. The molecule has 0 aliphatic heterocycles. The fourth-order valence-electron chi connectivity index (χ4n) is 9.00. The molecule has 0 amide bonds. The number of rotatable bonds is 5. The van der Waals surface area contributed by atoms with E-state index in [2.05, 4.69) is 190 Å². The Kier molecular flexibility index (Phi) is 6.86. The van der Waals surface area contributed by atoms with E-state index < -0.39 is 0 Å². The second kappa shape index (κ2) is 12.4. The maximum absolute atomic E-state index is 5.45. The Hall–Kier alpha value is -7.76.